The number of carbonyl (C=O) groups is 2. The van der Waals surface area contributed by atoms with Crippen LogP contribution in [0.2, 0.25) is 0 Å². The number of aryl methyl sites for hydroxylation is 1. The average molecular weight is 490 g/mol. The molecule has 2 radical (unpaired) electrons. The maximum Gasteiger partial charge on any atom is 0.262 e. The summed E-state index contributed by atoms with van der Waals surface area (Å²) in [4.78, 5) is 45.4. The fourth-order valence-electron chi connectivity index (χ4n) is 4.55. The van der Waals surface area contributed by atoms with Gasteiger partial charge in [0.05, 0.1) is 16.6 Å². The lowest BCUT2D eigenvalue weighted by Gasteiger charge is -2.19. The molecule has 0 atom stereocenters. The van der Waals surface area contributed by atoms with E-state index in [1.807, 2.05) is 12.1 Å². The van der Waals surface area contributed by atoms with Gasteiger partial charge < -0.3 is 10.1 Å². The van der Waals surface area contributed by atoms with Gasteiger partial charge in [-0.3, -0.25) is 19.0 Å². The number of hydrogen-bond acceptors (Lipinski definition) is 5. The molecule has 1 saturated carbocycles. The van der Waals surface area contributed by atoms with Gasteiger partial charge in [-0.1, -0.05) is 51.7 Å². The Bertz CT molecular complexity index is 1270. The van der Waals surface area contributed by atoms with Gasteiger partial charge in [0.25, 0.3) is 11.5 Å². The summed E-state index contributed by atoms with van der Waals surface area (Å²) in [7, 11) is 6.05. The van der Waals surface area contributed by atoms with E-state index in [0.29, 0.717) is 32.3 Å². The summed E-state index contributed by atoms with van der Waals surface area (Å²) in [6, 6.07) is 7.62. The summed E-state index contributed by atoms with van der Waals surface area (Å²) in [5.41, 5.74) is 1.94. The van der Waals surface area contributed by atoms with Gasteiger partial charge in [-0.2, -0.15) is 0 Å². The molecule has 9 heteroatoms. The largest absolute Gasteiger partial charge is 0.368 e. The molecule has 1 fully saturated rings. The van der Waals surface area contributed by atoms with Crippen molar-refractivity contribution in [2.24, 2.45) is 0 Å². The number of benzene rings is 1. The van der Waals surface area contributed by atoms with E-state index in [4.69, 9.17) is 7.98 Å². The van der Waals surface area contributed by atoms with E-state index in [1.165, 1.54) is 35.1 Å². The number of thiophene rings is 1. The maximum absolute atomic E-state index is 13.2. The van der Waals surface area contributed by atoms with Crippen LogP contribution in [0.4, 0.5) is 5.69 Å². The third-order valence-electron chi connectivity index (χ3n) is 6.73. The zero-order chi connectivity index (χ0) is 25.1. The molecule has 1 aromatic carbocycles. The molecule has 0 saturated heterocycles. The molecule has 0 unspecified atom stereocenters. The van der Waals surface area contributed by atoms with Crippen molar-refractivity contribution in [2.75, 3.05) is 4.81 Å². The highest BCUT2D eigenvalue weighted by Crippen LogP contribution is 2.27. The Balaban J connectivity index is 1.53. The molecule has 2 amide bonds. The Morgan fingerprint density at radius 1 is 1.17 bits per heavy atom. The minimum atomic E-state index is -0.440. The second kappa shape index (κ2) is 10.8. The zero-order valence-corrected chi connectivity index (χ0v) is 21.4. The third kappa shape index (κ3) is 5.50. The van der Waals surface area contributed by atoms with Crippen LogP contribution >= 0.6 is 11.3 Å². The highest BCUT2D eigenvalue weighted by atomic mass is 32.1. The quantitative estimate of drug-likeness (QED) is 0.409. The average Bonchev–Trinajstić information content (AvgIpc) is 3.00. The smallest absolute Gasteiger partial charge is 0.262 e. The van der Waals surface area contributed by atoms with Gasteiger partial charge in [0.2, 0.25) is 13.9 Å². The van der Waals surface area contributed by atoms with E-state index in [1.54, 1.807) is 19.1 Å². The van der Waals surface area contributed by atoms with E-state index in [9.17, 15) is 14.4 Å². The number of aromatic nitrogens is 2. The maximum atomic E-state index is 13.2. The normalized spacial score (nSPS) is 14.7. The Morgan fingerprint density at radius 3 is 2.46 bits per heavy atom. The van der Waals surface area contributed by atoms with Crippen molar-refractivity contribution < 1.29 is 9.59 Å². The molecule has 182 valence electrons. The zero-order valence-electron chi connectivity index (χ0n) is 20.5. The van der Waals surface area contributed by atoms with Crippen molar-refractivity contribution in [2.45, 2.75) is 77.8 Å². The number of hydrogen-bond donors (Lipinski definition) is 1. The number of rotatable bonds is 6. The summed E-state index contributed by atoms with van der Waals surface area (Å²) in [6.07, 6.45) is 7.98. The predicted molar refractivity (Wildman–Crippen MR) is 141 cm³/mol. The first-order valence-electron chi connectivity index (χ1n) is 12.2. The van der Waals surface area contributed by atoms with E-state index >= 15 is 0 Å². The summed E-state index contributed by atoms with van der Waals surface area (Å²) < 4.78 is 1.25. The van der Waals surface area contributed by atoms with Gasteiger partial charge in [0, 0.05) is 11.7 Å². The second-order valence-electron chi connectivity index (χ2n) is 9.59. The lowest BCUT2D eigenvalue weighted by Crippen LogP contribution is -2.35. The van der Waals surface area contributed by atoms with Gasteiger partial charge in [-0.25, -0.2) is 4.98 Å². The van der Waals surface area contributed by atoms with E-state index in [0.717, 1.165) is 36.1 Å². The van der Waals surface area contributed by atoms with Crippen LogP contribution in [-0.4, -0.2) is 35.4 Å². The van der Waals surface area contributed by atoms with Crippen molar-refractivity contribution in [1.29, 1.82) is 0 Å². The first-order valence-corrected chi connectivity index (χ1v) is 13.0. The predicted octanol–water partition coefficient (Wildman–Crippen LogP) is 4.46. The molecular formula is C26H31BN4O3S. The summed E-state index contributed by atoms with van der Waals surface area (Å²) in [5, 5.41) is 3.52. The molecule has 7 nitrogen and oxygen atoms in total. The number of carbonyl (C=O) groups excluding carboxylic acids is 2. The van der Waals surface area contributed by atoms with Crippen molar-refractivity contribution in [3.8, 4) is 0 Å². The highest BCUT2D eigenvalue weighted by Gasteiger charge is 2.23. The molecule has 1 N–H and O–H groups in total. The lowest BCUT2D eigenvalue weighted by molar-refractivity contribution is -0.118. The van der Waals surface area contributed by atoms with Crippen LogP contribution in [0.15, 0.2) is 35.4 Å². The Morgan fingerprint density at radius 2 is 1.83 bits per heavy atom. The molecule has 2 aromatic heterocycles. The summed E-state index contributed by atoms with van der Waals surface area (Å²) in [6.45, 7) is 5.70. The topological polar surface area (TPSA) is 84.3 Å². The second-order valence-corrected chi connectivity index (χ2v) is 10.6. The number of amides is 2. The van der Waals surface area contributed by atoms with Crippen LogP contribution in [-0.2, 0) is 11.3 Å². The van der Waals surface area contributed by atoms with Crippen molar-refractivity contribution in [3.63, 3.8) is 0 Å². The minimum absolute atomic E-state index is 0.155. The van der Waals surface area contributed by atoms with E-state index in [2.05, 4.69) is 24.1 Å². The fourth-order valence-corrected chi connectivity index (χ4v) is 5.59. The van der Waals surface area contributed by atoms with Crippen LogP contribution in [0.5, 0.6) is 0 Å². The summed E-state index contributed by atoms with van der Waals surface area (Å²) in [5.74, 6) is -0.225. The van der Waals surface area contributed by atoms with Crippen molar-refractivity contribution in [3.05, 3.63) is 57.0 Å². The molecule has 3 aromatic rings. The Hall–Kier alpha value is -2.94. The first kappa shape index (κ1) is 25.2. The van der Waals surface area contributed by atoms with Crippen LogP contribution in [0.25, 0.3) is 10.2 Å². The van der Waals surface area contributed by atoms with Gasteiger partial charge >= 0.3 is 0 Å². The molecule has 35 heavy (non-hydrogen) atoms. The van der Waals surface area contributed by atoms with Crippen molar-refractivity contribution in [1.82, 2.24) is 14.9 Å². The first-order chi connectivity index (χ1) is 16.8. The molecule has 0 aliphatic heterocycles. The van der Waals surface area contributed by atoms with Crippen LogP contribution in [0.3, 0.4) is 0 Å². The summed E-state index contributed by atoms with van der Waals surface area (Å²) >= 11 is 1.22. The van der Waals surface area contributed by atoms with E-state index in [-0.39, 0.29) is 24.1 Å². The van der Waals surface area contributed by atoms with Gasteiger partial charge in [-0.15, -0.1) is 11.3 Å². The lowest BCUT2D eigenvalue weighted by atomic mass is 10.0. The van der Waals surface area contributed by atoms with Crippen LogP contribution < -0.4 is 15.7 Å². The highest BCUT2D eigenvalue weighted by molar-refractivity contribution is 7.20. The van der Waals surface area contributed by atoms with Gasteiger partial charge in [0.1, 0.15) is 11.4 Å². The van der Waals surface area contributed by atoms with Crippen LogP contribution in [0, 0.1) is 6.92 Å². The molecule has 1 aliphatic carbocycles. The Kier molecular flexibility index (Phi) is 7.74. The number of nitrogens with zero attached hydrogens (tertiary/aromatic N) is 3. The SMILES string of the molecule is [B]N(C(=O)Cn1cnc2sc(C(=O)NC3CCCCCC3)c(C)c2c1=O)c1ccc(C(C)C)cc1. The molecule has 4 rings (SSSR count). The monoisotopic (exact) mass is 490 g/mol. The molecule has 2 heterocycles. The van der Waals surface area contributed by atoms with Crippen LogP contribution in [0.1, 0.15) is 79.1 Å². The van der Waals surface area contributed by atoms with Crippen molar-refractivity contribution >= 4 is 47.0 Å². The molecular weight excluding hydrogens is 459 g/mol. The number of nitrogens with one attached hydrogen (secondary N) is 1. The number of anilines is 1. The van der Waals surface area contributed by atoms with Gasteiger partial charge in [0.15, 0.2) is 0 Å². The fraction of sp³-hybridized carbons (Fsp3) is 0.462. The molecule has 0 spiro atoms. The minimum Gasteiger partial charge on any atom is -0.368 e. The standard InChI is InChI=1S/C26H31BN4O3S/c1-16(2)18-10-12-20(13-11-18)31(27)21(32)14-30-15-28-25-22(26(30)34)17(3)23(35-25)24(33)29-19-8-6-4-5-7-9-19/h10-13,15-16,19H,4-9,14H2,1-3H3,(H,29,33). The van der Waals surface area contributed by atoms with Gasteiger partial charge in [-0.05, 0) is 48.9 Å². The molecule has 1 aliphatic rings. The molecule has 0 bridgehead atoms. The van der Waals surface area contributed by atoms with E-state index < -0.39 is 5.91 Å². The Labute approximate surface area is 211 Å². The third-order valence-corrected chi connectivity index (χ3v) is 7.92. The number of fused-ring (bicyclic) bond motifs is 1.